The molecule has 1 aromatic carbocycles. The molecule has 0 aliphatic carbocycles. The summed E-state index contributed by atoms with van der Waals surface area (Å²) in [5.74, 6) is -0.343. The zero-order chi connectivity index (χ0) is 15.9. The first-order chi connectivity index (χ1) is 10.5. The van der Waals surface area contributed by atoms with Crippen LogP contribution in [0.2, 0.25) is 0 Å². The number of hydrogen-bond acceptors (Lipinski definition) is 3. The summed E-state index contributed by atoms with van der Waals surface area (Å²) < 4.78 is 7.06. The molecule has 2 heterocycles. The molecule has 0 radical (unpaired) electrons. The summed E-state index contributed by atoms with van der Waals surface area (Å²) in [4.78, 5) is 25.0. The highest BCUT2D eigenvalue weighted by Gasteiger charge is 2.24. The van der Waals surface area contributed by atoms with Crippen molar-refractivity contribution in [2.24, 2.45) is 0 Å². The number of benzene rings is 1. The van der Waals surface area contributed by atoms with Gasteiger partial charge in [-0.1, -0.05) is 12.1 Å². The molecule has 1 aliphatic heterocycles. The number of nitrogens with zero attached hydrogens (tertiary/aromatic N) is 1. The van der Waals surface area contributed by atoms with E-state index >= 15 is 0 Å². The maximum atomic E-state index is 12.6. The van der Waals surface area contributed by atoms with Crippen LogP contribution >= 0.6 is 0 Å². The van der Waals surface area contributed by atoms with Gasteiger partial charge in [0, 0.05) is 30.8 Å². The Bertz CT molecular complexity index is 794. The molecule has 5 heteroatoms. The third-order valence-corrected chi connectivity index (χ3v) is 4.16. The zero-order valence-corrected chi connectivity index (χ0v) is 13.1. The number of carbonyl (C=O) groups excluding carboxylic acids is 1. The molecular formula is C17H20N2O3. The number of ether oxygens (including phenoxy) is 1. The first-order valence-electron chi connectivity index (χ1n) is 7.49. The second kappa shape index (κ2) is 5.57. The molecule has 116 valence electrons. The molecule has 0 spiro atoms. The van der Waals surface area contributed by atoms with Gasteiger partial charge in [-0.05, 0) is 31.9 Å². The molecule has 1 N–H and O–H groups in total. The minimum atomic E-state index is -0.343. The van der Waals surface area contributed by atoms with Gasteiger partial charge >= 0.3 is 0 Å². The molecule has 0 unspecified atom stereocenters. The van der Waals surface area contributed by atoms with E-state index in [1.54, 1.807) is 19.4 Å². The smallest absolute Gasteiger partial charge is 0.257 e. The molecule has 3 rings (SSSR count). The topological polar surface area (TPSA) is 60.3 Å². The van der Waals surface area contributed by atoms with E-state index in [0.717, 1.165) is 11.9 Å². The predicted octanol–water partition coefficient (Wildman–Crippen LogP) is 1.88. The molecule has 1 amide bonds. The molecule has 0 saturated heterocycles. The van der Waals surface area contributed by atoms with Gasteiger partial charge in [0.2, 0.25) is 5.43 Å². The SMILES string of the molecule is COC[C@@H](C)NC(=O)c1cn2c3c(cccc3c1=O)C[C@@H]2C. The summed E-state index contributed by atoms with van der Waals surface area (Å²) in [5.41, 5.74) is 2.12. The van der Waals surface area contributed by atoms with E-state index in [-0.39, 0.29) is 29.0 Å². The van der Waals surface area contributed by atoms with Crippen molar-refractivity contribution in [1.82, 2.24) is 9.88 Å². The van der Waals surface area contributed by atoms with Gasteiger partial charge in [0.05, 0.1) is 12.1 Å². The van der Waals surface area contributed by atoms with Gasteiger partial charge in [-0.25, -0.2) is 0 Å². The number of pyridine rings is 1. The standard InChI is InChI=1S/C17H20N2O3/c1-10(9-22-3)18-17(21)14-8-19-11(2)7-12-5-4-6-13(15(12)19)16(14)20/h4-6,8,10-11H,7,9H2,1-3H3,(H,18,21)/t10-,11+/m1/s1. The van der Waals surface area contributed by atoms with Crippen LogP contribution in [-0.2, 0) is 11.2 Å². The highest BCUT2D eigenvalue weighted by atomic mass is 16.5. The van der Waals surface area contributed by atoms with Crippen molar-refractivity contribution in [2.45, 2.75) is 32.4 Å². The second-order valence-corrected chi connectivity index (χ2v) is 5.98. The summed E-state index contributed by atoms with van der Waals surface area (Å²) in [5, 5.41) is 3.43. The van der Waals surface area contributed by atoms with E-state index in [1.807, 2.05) is 23.6 Å². The molecule has 0 saturated carbocycles. The number of rotatable bonds is 4. The van der Waals surface area contributed by atoms with Crippen molar-refractivity contribution in [3.05, 3.63) is 45.7 Å². The van der Waals surface area contributed by atoms with Gasteiger partial charge in [-0.3, -0.25) is 9.59 Å². The van der Waals surface area contributed by atoms with Gasteiger partial charge in [-0.15, -0.1) is 0 Å². The molecule has 0 fully saturated rings. The zero-order valence-electron chi connectivity index (χ0n) is 13.1. The fraction of sp³-hybridized carbons (Fsp3) is 0.412. The highest BCUT2D eigenvalue weighted by molar-refractivity contribution is 5.98. The average Bonchev–Trinajstić information content (AvgIpc) is 2.79. The summed E-state index contributed by atoms with van der Waals surface area (Å²) >= 11 is 0. The lowest BCUT2D eigenvalue weighted by Gasteiger charge is -2.15. The number of hydrogen-bond donors (Lipinski definition) is 1. The fourth-order valence-corrected chi connectivity index (χ4v) is 3.17. The first-order valence-corrected chi connectivity index (χ1v) is 7.49. The average molecular weight is 300 g/mol. The fourth-order valence-electron chi connectivity index (χ4n) is 3.17. The lowest BCUT2D eigenvalue weighted by molar-refractivity contribution is 0.0904. The van der Waals surface area contributed by atoms with E-state index in [2.05, 4.69) is 12.2 Å². The highest BCUT2D eigenvalue weighted by Crippen LogP contribution is 2.30. The van der Waals surface area contributed by atoms with Crippen molar-refractivity contribution in [3.8, 4) is 0 Å². The summed E-state index contributed by atoms with van der Waals surface area (Å²) in [6, 6.07) is 5.84. The lowest BCUT2D eigenvalue weighted by Crippen LogP contribution is -2.38. The van der Waals surface area contributed by atoms with Crippen LogP contribution in [0.25, 0.3) is 10.9 Å². The largest absolute Gasteiger partial charge is 0.383 e. The Balaban J connectivity index is 2.08. The predicted molar refractivity (Wildman–Crippen MR) is 85.4 cm³/mol. The lowest BCUT2D eigenvalue weighted by atomic mass is 10.1. The Morgan fingerprint density at radius 1 is 1.50 bits per heavy atom. The number of methoxy groups -OCH3 is 1. The first kappa shape index (κ1) is 14.8. The number of aromatic nitrogens is 1. The Kier molecular flexibility index (Phi) is 3.74. The quantitative estimate of drug-likeness (QED) is 0.938. The number of nitrogens with one attached hydrogen (secondary N) is 1. The molecule has 22 heavy (non-hydrogen) atoms. The molecule has 2 aromatic rings. The van der Waals surface area contributed by atoms with Gasteiger partial charge in [0.15, 0.2) is 0 Å². The van der Waals surface area contributed by atoms with Gasteiger partial charge < -0.3 is 14.6 Å². The van der Waals surface area contributed by atoms with Crippen LogP contribution in [-0.4, -0.2) is 30.2 Å². The third-order valence-electron chi connectivity index (χ3n) is 4.16. The van der Waals surface area contributed by atoms with Gasteiger partial charge in [-0.2, -0.15) is 0 Å². The van der Waals surface area contributed by atoms with Crippen LogP contribution in [0.4, 0.5) is 0 Å². The molecule has 0 bridgehead atoms. The number of amides is 1. The molecule has 1 aromatic heterocycles. The van der Waals surface area contributed by atoms with Crippen LogP contribution in [0.5, 0.6) is 0 Å². The van der Waals surface area contributed by atoms with Crippen molar-refractivity contribution in [2.75, 3.05) is 13.7 Å². The molecule has 1 aliphatic rings. The maximum Gasteiger partial charge on any atom is 0.257 e. The molecule has 5 nitrogen and oxygen atoms in total. The Hall–Kier alpha value is -2.14. The number of para-hydroxylation sites is 1. The summed E-state index contributed by atoms with van der Waals surface area (Å²) in [7, 11) is 1.58. The van der Waals surface area contributed by atoms with E-state index < -0.39 is 0 Å². The molecule has 2 atom stereocenters. The van der Waals surface area contributed by atoms with E-state index in [1.165, 1.54) is 5.56 Å². The number of carbonyl (C=O) groups is 1. The van der Waals surface area contributed by atoms with Gasteiger partial charge in [0.1, 0.15) is 5.56 Å². The minimum Gasteiger partial charge on any atom is -0.383 e. The third kappa shape index (κ3) is 2.31. The summed E-state index contributed by atoms with van der Waals surface area (Å²) in [6.07, 6.45) is 2.59. The second-order valence-electron chi connectivity index (χ2n) is 5.98. The van der Waals surface area contributed by atoms with Crippen molar-refractivity contribution >= 4 is 16.8 Å². The van der Waals surface area contributed by atoms with Crippen LogP contribution < -0.4 is 10.7 Å². The molecular weight excluding hydrogens is 280 g/mol. The van der Waals surface area contributed by atoms with Crippen molar-refractivity contribution in [1.29, 1.82) is 0 Å². The van der Waals surface area contributed by atoms with E-state index in [9.17, 15) is 9.59 Å². The van der Waals surface area contributed by atoms with Crippen LogP contribution in [0.3, 0.4) is 0 Å². The van der Waals surface area contributed by atoms with Crippen LogP contribution in [0, 0.1) is 0 Å². The summed E-state index contributed by atoms with van der Waals surface area (Å²) in [6.45, 7) is 4.35. The Labute approximate surface area is 128 Å². The van der Waals surface area contributed by atoms with Crippen molar-refractivity contribution in [3.63, 3.8) is 0 Å². The Morgan fingerprint density at radius 2 is 2.27 bits per heavy atom. The van der Waals surface area contributed by atoms with Gasteiger partial charge in [0.25, 0.3) is 5.91 Å². The Morgan fingerprint density at radius 3 is 3.00 bits per heavy atom. The van der Waals surface area contributed by atoms with Crippen LogP contribution in [0.15, 0.2) is 29.2 Å². The maximum absolute atomic E-state index is 12.6. The van der Waals surface area contributed by atoms with E-state index in [4.69, 9.17) is 4.74 Å². The van der Waals surface area contributed by atoms with E-state index in [0.29, 0.717) is 12.0 Å². The van der Waals surface area contributed by atoms with Crippen molar-refractivity contribution < 1.29 is 9.53 Å². The monoisotopic (exact) mass is 300 g/mol. The minimum absolute atomic E-state index is 0.144. The van der Waals surface area contributed by atoms with Crippen LogP contribution in [0.1, 0.15) is 35.8 Å². The normalized spacial score (nSPS) is 17.7.